The molecule has 0 saturated carbocycles. The fourth-order valence-corrected chi connectivity index (χ4v) is 5.04. The van der Waals surface area contributed by atoms with Crippen LogP contribution >= 0.6 is 0 Å². The van der Waals surface area contributed by atoms with Crippen LogP contribution in [0.5, 0.6) is 0 Å². The van der Waals surface area contributed by atoms with Gasteiger partial charge in [-0.05, 0) is 12.1 Å². The number of hydrogen-bond acceptors (Lipinski definition) is 2. The van der Waals surface area contributed by atoms with Gasteiger partial charge in [-0.15, -0.1) is 0 Å². The van der Waals surface area contributed by atoms with E-state index in [2.05, 4.69) is 145 Å². The fourth-order valence-electron chi connectivity index (χ4n) is 5.04. The van der Waals surface area contributed by atoms with E-state index < -0.39 is 6.15 Å². The van der Waals surface area contributed by atoms with E-state index in [0.717, 1.165) is 0 Å². The summed E-state index contributed by atoms with van der Waals surface area (Å²) in [4.78, 5) is 0. The smallest absolute Gasteiger partial charge is 0.133 e. The summed E-state index contributed by atoms with van der Waals surface area (Å²) in [6.07, 6.45) is 6.10. The molecule has 0 aliphatic heterocycles. The second-order valence-corrected chi connectivity index (χ2v) is 8.74. The molecule has 0 amide bonds. The third-order valence-electron chi connectivity index (χ3n) is 6.61. The summed E-state index contributed by atoms with van der Waals surface area (Å²) in [6.45, 7) is 9.68. The third-order valence-corrected chi connectivity index (χ3v) is 6.61. The van der Waals surface area contributed by atoms with E-state index in [0.29, 0.717) is 6.67 Å². The van der Waals surface area contributed by atoms with Crippen LogP contribution in [0.15, 0.2) is 158 Å². The maximum atomic E-state index is 7.50. The maximum absolute atomic E-state index is 7.50. The van der Waals surface area contributed by atoms with Crippen molar-refractivity contribution in [3.8, 4) is 0 Å². The Labute approximate surface area is 253 Å². The number of rotatable bonds is 6. The molecule has 0 unspecified atom stereocenters. The third kappa shape index (κ3) is 8.23. The van der Waals surface area contributed by atoms with Crippen molar-refractivity contribution in [3.05, 3.63) is 172 Å². The van der Waals surface area contributed by atoms with Gasteiger partial charge in [0.25, 0.3) is 0 Å². The van der Waals surface area contributed by atoms with E-state index in [1.165, 1.54) is 21.9 Å². The average molecular weight is 626 g/mol. The summed E-state index contributed by atoms with van der Waals surface area (Å²) in [5, 5.41) is 8.09. The van der Waals surface area contributed by atoms with Gasteiger partial charge in [0.2, 0.25) is 0 Å². The molecule has 2 heterocycles. The van der Waals surface area contributed by atoms with E-state index in [9.17, 15) is 0 Å². The van der Waals surface area contributed by atoms with Gasteiger partial charge < -0.3 is 0 Å². The molecular weight excluding hydrogens is 598 g/mol. The maximum Gasteiger partial charge on any atom is 0.133 e. The quantitative estimate of drug-likeness (QED) is 0.161. The van der Waals surface area contributed by atoms with Crippen LogP contribution in [-0.2, 0) is 35.5 Å². The molecule has 0 aliphatic carbocycles. The minimum Gasteiger partial charge on any atom is -0.251 e. The number of hydrogen-bond donors (Lipinski definition) is 0. The Kier molecular flexibility index (Phi) is 14.3. The molecule has 0 N–H and O–H groups in total. The number of nitrogens with zero attached hydrogens (tertiary/aromatic N) is 4. The molecule has 6 rings (SSSR count). The molecule has 0 bridgehead atoms. The second kappa shape index (κ2) is 17.9. The predicted molar refractivity (Wildman–Crippen MR) is 158 cm³/mol. The summed E-state index contributed by atoms with van der Waals surface area (Å²) >= 11 is 0. The standard InChI is InChI=1S/C24H20B.C7H8N4.2CO.Rh/c1-5-13-21(14-6-1)25(22-15-7-2-8-16-22,23-17-9-3-10-18-23)24-19-11-4-12-20-24;1-3-8-10(5-1)7-11-6-2-4-9-11;2*1-2;/h1-20H;1-6H,7H2;;;/q-1;;;;. The molecule has 6 aromatic rings. The average Bonchev–Trinajstić information content (AvgIpc) is 3.78. The van der Waals surface area contributed by atoms with E-state index in [1.54, 1.807) is 12.4 Å². The largest absolute Gasteiger partial charge is 0.251 e. The first-order valence-electron chi connectivity index (χ1n) is 12.6. The van der Waals surface area contributed by atoms with Crippen molar-refractivity contribution in [1.29, 1.82) is 0 Å². The first kappa shape index (κ1) is 32.7. The summed E-state index contributed by atoms with van der Waals surface area (Å²) in [5.74, 6) is 0. The topological polar surface area (TPSA) is 75.4 Å². The summed E-state index contributed by atoms with van der Waals surface area (Å²) in [5.41, 5.74) is 5.36. The fraction of sp³-hybridized carbons (Fsp3) is 0.0303. The Balaban J connectivity index is 0.000000308. The zero-order valence-corrected chi connectivity index (χ0v) is 23.9. The van der Waals surface area contributed by atoms with Gasteiger partial charge in [0.1, 0.15) is 12.8 Å². The van der Waals surface area contributed by atoms with Gasteiger partial charge in [0.05, 0.1) is 0 Å². The molecule has 1 radical (unpaired) electrons. The Morgan fingerprint density at radius 3 is 0.951 bits per heavy atom. The van der Waals surface area contributed by atoms with Crippen LogP contribution in [0.3, 0.4) is 0 Å². The van der Waals surface area contributed by atoms with Gasteiger partial charge in [-0.2, -0.15) is 32.0 Å². The van der Waals surface area contributed by atoms with Gasteiger partial charge in [-0.1, -0.05) is 121 Å². The molecule has 6 nitrogen and oxygen atoms in total. The number of benzene rings is 4. The Morgan fingerprint density at radius 1 is 0.463 bits per heavy atom. The van der Waals surface area contributed by atoms with Gasteiger partial charge in [-0.3, -0.25) is 9.36 Å². The first-order valence-corrected chi connectivity index (χ1v) is 12.6. The zero-order valence-electron chi connectivity index (χ0n) is 22.2. The molecule has 0 fully saturated rings. The molecule has 0 saturated heterocycles. The molecule has 8 heteroatoms. The van der Waals surface area contributed by atoms with Gasteiger partial charge in [0, 0.05) is 44.3 Å². The molecule has 205 valence electrons. The van der Waals surface area contributed by atoms with Crippen molar-refractivity contribution < 1.29 is 28.8 Å². The zero-order chi connectivity index (χ0) is 28.5. The SMILES string of the molecule is [C-]#[O+].[C-]#[O+].[Rh].c1ccc([B-](c2ccccc2)(c2ccccc2)c2ccccc2)cc1.c1cnn(Cn2cccn2)c1. The second-order valence-electron chi connectivity index (χ2n) is 8.74. The monoisotopic (exact) mass is 626 g/mol. The van der Waals surface area contributed by atoms with Crippen molar-refractivity contribution >= 4 is 28.0 Å². The van der Waals surface area contributed by atoms with Crippen molar-refractivity contribution in [2.24, 2.45) is 0 Å². The molecular formula is C33H28BN4O2Rh-. The summed E-state index contributed by atoms with van der Waals surface area (Å²) < 4.78 is 18.6. The van der Waals surface area contributed by atoms with Gasteiger partial charge >= 0.3 is 22.6 Å². The summed E-state index contributed by atoms with van der Waals surface area (Å²) in [6, 6.07) is 47.3. The van der Waals surface area contributed by atoms with E-state index in [4.69, 9.17) is 9.30 Å². The molecule has 0 aliphatic rings. The van der Waals surface area contributed by atoms with Crippen LogP contribution in [0, 0.1) is 13.3 Å². The normalized spacial score (nSPS) is 9.66. The number of aromatic nitrogens is 4. The predicted octanol–water partition coefficient (Wildman–Crippen LogP) is 3.57. The van der Waals surface area contributed by atoms with E-state index in [-0.39, 0.29) is 19.5 Å². The van der Waals surface area contributed by atoms with Crippen molar-refractivity contribution in [2.75, 3.05) is 0 Å². The van der Waals surface area contributed by atoms with Gasteiger partial charge in [0.15, 0.2) is 0 Å². The minimum atomic E-state index is -1.22. The molecule has 2 aromatic heterocycles. The Morgan fingerprint density at radius 2 is 0.732 bits per heavy atom. The molecule has 41 heavy (non-hydrogen) atoms. The van der Waals surface area contributed by atoms with Crippen LogP contribution < -0.4 is 21.9 Å². The van der Waals surface area contributed by atoms with E-state index in [1.807, 2.05) is 33.9 Å². The van der Waals surface area contributed by atoms with Crippen LogP contribution in [0.4, 0.5) is 0 Å². The van der Waals surface area contributed by atoms with Crippen LogP contribution in [0.1, 0.15) is 0 Å². The van der Waals surface area contributed by atoms with Gasteiger partial charge in [-0.25, -0.2) is 0 Å². The molecule has 0 atom stereocenters. The summed E-state index contributed by atoms with van der Waals surface area (Å²) in [7, 11) is 0. The van der Waals surface area contributed by atoms with Crippen LogP contribution in [-0.4, -0.2) is 25.7 Å². The molecule has 0 spiro atoms. The van der Waals surface area contributed by atoms with Crippen molar-refractivity contribution in [1.82, 2.24) is 19.6 Å². The van der Waals surface area contributed by atoms with Crippen LogP contribution in [0.25, 0.3) is 0 Å². The van der Waals surface area contributed by atoms with Crippen LogP contribution in [0.2, 0.25) is 0 Å². The Bertz CT molecular complexity index is 1330. The van der Waals surface area contributed by atoms with E-state index >= 15 is 0 Å². The van der Waals surface area contributed by atoms with Crippen molar-refractivity contribution in [3.63, 3.8) is 0 Å². The first-order chi connectivity index (χ1) is 19.9. The Hall–Kier alpha value is -4.53. The van der Waals surface area contributed by atoms with Crippen molar-refractivity contribution in [2.45, 2.75) is 6.67 Å². The minimum absolute atomic E-state index is 0. The molecule has 4 aromatic carbocycles.